The van der Waals surface area contributed by atoms with Gasteiger partial charge in [-0.05, 0) is 25.2 Å². The van der Waals surface area contributed by atoms with E-state index < -0.39 is 0 Å². The van der Waals surface area contributed by atoms with E-state index in [1.807, 2.05) is 0 Å². The molecule has 0 unspecified atom stereocenters. The van der Waals surface area contributed by atoms with Crippen molar-refractivity contribution in [3.63, 3.8) is 0 Å². The number of hydrogen-bond acceptors (Lipinski definition) is 2. The highest BCUT2D eigenvalue weighted by molar-refractivity contribution is 5.97. The molecule has 1 heterocycles. The number of unbranched alkanes of at least 4 members (excludes halogenated alkanes) is 10. The summed E-state index contributed by atoms with van der Waals surface area (Å²) in [4.78, 5) is 12.6. The van der Waals surface area contributed by atoms with Crippen LogP contribution in [0.2, 0.25) is 0 Å². The molecule has 140 valence electrons. The number of nitrogens with one attached hydrogen (secondary N) is 1. The van der Waals surface area contributed by atoms with E-state index in [9.17, 15) is 4.79 Å². The van der Waals surface area contributed by atoms with E-state index in [1.54, 1.807) is 0 Å². The molecule has 2 heteroatoms. The molecule has 0 saturated heterocycles. The summed E-state index contributed by atoms with van der Waals surface area (Å²) in [6.07, 6.45) is 16.4. The Kier molecular flexibility index (Phi) is 10.4. The molecular formula is C22H41NO. The predicted molar refractivity (Wildman–Crippen MR) is 105 cm³/mol. The van der Waals surface area contributed by atoms with Gasteiger partial charge in [-0.2, -0.15) is 0 Å². The Balaban J connectivity index is 2.08. The third-order valence-electron chi connectivity index (χ3n) is 5.48. The molecule has 24 heavy (non-hydrogen) atoms. The number of Topliss-reactive ketones (excluding diaryl/α,β-unsaturated/α-hetero) is 1. The molecular weight excluding hydrogens is 294 g/mol. The Morgan fingerprint density at radius 1 is 0.917 bits per heavy atom. The lowest BCUT2D eigenvalue weighted by molar-refractivity contribution is -0.116. The number of rotatable bonds is 13. The minimum Gasteiger partial charge on any atom is -0.388 e. The average molecular weight is 336 g/mol. The van der Waals surface area contributed by atoms with Gasteiger partial charge in [0.1, 0.15) is 0 Å². The fourth-order valence-corrected chi connectivity index (χ4v) is 3.94. The Morgan fingerprint density at radius 2 is 1.42 bits per heavy atom. The number of allylic oxidation sites excluding steroid dienone is 2. The van der Waals surface area contributed by atoms with Crippen LogP contribution in [0.25, 0.3) is 0 Å². The third-order valence-corrected chi connectivity index (χ3v) is 5.48. The van der Waals surface area contributed by atoms with Crippen LogP contribution >= 0.6 is 0 Å². The molecule has 0 amide bonds. The second-order valence-electron chi connectivity index (χ2n) is 8.27. The Hall–Kier alpha value is -0.790. The zero-order valence-electron chi connectivity index (χ0n) is 16.8. The first-order valence-electron chi connectivity index (χ1n) is 10.5. The second kappa shape index (κ2) is 11.7. The maximum Gasteiger partial charge on any atom is 0.161 e. The number of carbonyl (C=O) groups is 1. The summed E-state index contributed by atoms with van der Waals surface area (Å²) in [6.45, 7) is 9.76. The van der Waals surface area contributed by atoms with Crippen molar-refractivity contribution in [2.75, 3.05) is 6.54 Å². The van der Waals surface area contributed by atoms with Crippen molar-refractivity contribution < 1.29 is 4.79 Å². The minimum absolute atomic E-state index is 0.0458. The van der Waals surface area contributed by atoms with Gasteiger partial charge in [-0.3, -0.25) is 4.79 Å². The van der Waals surface area contributed by atoms with Crippen LogP contribution < -0.4 is 5.32 Å². The summed E-state index contributed by atoms with van der Waals surface area (Å²) in [5.41, 5.74) is 2.21. The first-order valence-corrected chi connectivity index (χ1v) is 10.5. The quantitative estimate of drug-likeness (QED) is 0.387. The molecule has 0 aliphatic carbocycles. The maximum absolute atomic E-state index is 12.6. The van der Waals surface area contributed by atoms with Gasteiger partial charge in [-0.1, -0.05) is 85.0 Å². The van der Waals surface area contributed by atoms with Gasteiger partial charge in [-0.15, -0.1) is 0 Å². The summed E-state index contributed by atoms with van der Waals surface area (Å²) in [7, 11) is 0. The zero-order chi connectivity index (χ0) is 17.8. The fourth-order valence-electron chi connectivity index (χ4n) is 3.94. The van der Waals surface area contributed by atoms with Gasteiger partial charge in [0.05, 0.1) is 0 Å². The van der Waals surface area contributed by atoms with Gasteiger partial charge in [-0.25, -0.2) is 0 Å². The van der Waals surface area contributed by atoms with Crippen molar-refractivity contribution in [3.05, 3.63) is 11.3 Å². The van der Waals surface area contributed by atoms with Gasteiger partial charge >= 0.3 is 0 Å². The van der Waals surface area contributed by atoms with Crippen molar-refractivity contribution in [1.82, 2.24) is 5.32 Å². The molecule has 0 saturated carbocycles. The lowest BCUT2D eigenvalue weighted by atomic mass is 9.75. The maximum atomic E-state index is 12.6. The van der Waals surface area contributed by atoms with Crippen LogP contribution in [0.1, 0.15) is 111 Å². The van der Waals surface area contributed by atoms with Crippen LogP contribution in [-0.2, 0) is 4.79 Å². The summed E-state index contributed by atoms with van der Waals surface area (Å²) < 4.78 is 0. The molecule has 0 radical (unpaired) electrons. The molecule has 1 aliphatic heterocycles. The molecule has 0 spiro atoms. The molecule has 0 atom stereocenters. The summed E-state index contributed by atoms with van der Waals surface area (Å²) in [5.74, 6) is 0.376. The van der Waals surface area contributed by atoms with Crippen LogP contribution in [0.3, 0.4) is 0 Å². The number of hydrogen-bond donors (Lipinski definition) is 1. The molecule has 1 N–H and O–H groups in total. The molecule has 0 aromatic heterocycles. The molecule has 1 aliphatic rings. The zero-order valence-corrected chi connectivity index (χ0v) is 16.8. The van der Waals surface area contributed by atoms with E-state index in [1.165, 1.54) is 64.2 Å². The Morgan fingerprint density at radius 3 is 1.92 bits per heavy atom. The predicted octanol–water partition coefficient (Wildman–Crippen LogP) is 6.55. The van der Waals surface area contributed by atoms with E-state index in [-0.39, 0.29) is 5.41 Å². The van der Waals surface area contributed by atoms with Crippen LogP contribution in [0.4, 0.5) is 0 Å². The van der Waals surface area contributed by atoms with Crippen LogP contribution in [0.15, 0.2) is 11.3 Å². The molecule has 2 nitrogen and oxygen atoms in total. The van der Waals surface area contributed by atoms with Crippen molar-refractivity contribution in [2.24, 2.45) is 5.41 Å². The Bertz CT molecular complexity index is 395. The van der Waals surface area contributed by atoms with Crippen LogP contribution in [0, 0.1) is 5.41 Å². The Labute approximate surface area is 150 Å². The van der Waals surface area contributed by atoms with Crippen molar-refractivity contribution in [2.45, 2.75) is 111 Å². The average Bonchev–Trinajstić information content (AvgIpc) is 2.51. The summed E-state index contributed by atoms with van der Waals surface area (Å²) in [6, 6.07) is 0. The minimum atomic E-state index is 0.0458. The first kappa shape index (κ1) is 21.3. The topological polar surface area (TPSA) is 29.1 Å². The van der Waals surface area contributed by atoms with Gasteiger partial charge in [0.2, 0.25) is 0 Å². The second-order valence-corrected chi connectivity index (χ2v) is 8.27. The highest BCUT2D eigenvalue weighted by Crippen LogP contribution is 2.36. The molecule has 0 aromatic carbocycles. The highest BCUT2D eigenvalue weighted by atomic mass is 16.1. The third kappa shape index (κ3) is 7.85. The van der Waals surface area contributed by atoms with Crippen LogP contribution in [0.5, 0.6) is 0 Å². The largest absolute Gasteiger partial charge is 0.388 e. The lowest BCUT2D eigenvalue weighted by Gasteiger charge is -2.34. The van der Waals surface area contributed by atoms with Crippen molar-refractivity contribution in [3.8, 4) is 0 Å². The van der Waals surface area contributed by atoms with E-state index in [2.05, 4.69) is 33.0 Å². The highest BCUT2D eigenvalue weighted by Gasteiger charge is 2.32. The smallest absolute Gasteiger partial charge is 0.161 e. The van der Waals surface area contributed by atoms with Gasteiger partial charge in [0.25, 0.3) is 0 Å². The van der Waals surface area contributed by atoms with E-state index in [4.69, 9.17) is 0 Å². The van der Waals surface area contributed by atoms with Crippen molar-refractivity contribution in [1.29, 1.82) is 0 Å². The normalized spacial score (nSPS) is 17.0. The molecule has 0 bridgehead atoms. The number of ketones is 1. The van der Waals surface area contributed by atoms with Gasteiger partial charge < -0.3 is 5.32 Å². The SMILES string of the molecule is CCCCCCCCCCCCCC(=O)C1=C(C)NCCC1(C)C. The van der Waals surface area contributed by atoms with Gasteiger partial charge in [0, 0.05) is 24.2 Å². The summed E-state index contributed by atoms with van der Waals surface area (Å²) >= 11 is 0. The lowest BCUT2D eigenvalue weighted by Crippen LogP contribution is -2.35. The van der Waals surface area contributed by atoms with E-state index >= 15 is 0 Å². The number of carbonyl (C=O) groups excluding carboxylic acids is 1. The first-order chi connectivity index (χ1) is 11.5. The molecule has 0 aromatic rings. The van der Waals surface area contributed by atoms with E-state index in [0.29, 0.717) is 5.78 Å². The van der Waals surface area contributed by atoms with Gasteiger partial charge in [0.15, 0.2) is 5.78 Å². The fraction of sp³-hybridized carbons (Fsp3) is 0.864. The van der Waals surface area contributed by atoms with Crippen LogP contribution in [-0.4, -0.2) is 12.3 Å². The molecule has 0 fully saturated rings. The monoisotopic (exact) mass is 335 g/mol. The summed E-state index contributed by atoms with van der Waals surface area (Å²) in [5, 5.41) is 3.37. The van der Waals surface area contributed by atoms with Crippen molar-refractivity contribution >= 4 is 5.78 Å². The standard InChI is InChI=1S/C22H41NO/c1-5-6-7-8-9-10-11-12-13-14-15-16-20(24)21-19(2)23-18-17-22(21,3)4/h23H,5-18H2,1-4H3. The van der Waals surface area contributed by atoms with E-state index in [0.717, 1.165) is 37.1 Å². The molecule has 1 rings (SSSR count).